The summed E-state index contributed by atoms with van der Waals surface area (Å²) in [6.07, 6.45) is 5.86. The highest BCUT2D eigenvalue weighted by Crippen LogP contribution is 2.23. The molecule has 19 heavy (non-hydrogen) atoms. The van der Waals surface area contributed by atoms with E-state index in [9.17, 15) is 4.79 Å². The zero-order valence-electron chi connectivity index (χ0n) is 12.7. The Kier molecular flexibility index (Phi) is 5.22. The van der Waals surface area contributed by atoms with E-state index in [4.69, 9.17) is 0 Å². The maximum Gasteiger partial charge on any atom is 0.241 e. The first-order valence-electron chi connectivity index (χ1n) is 7.90. The van der Waals surface area contributed by atoms with E-state index in [1.807, 2.05) is 0 Å². The number of carbonyl (C=O) groups excluding carboxylic acids is 1. The number of carbonyl (C=O) groups is 1. The summed E-state index contributed by atoms with van der Waals surface area (Å²) in [5, 5.41) is 3.51. The van der Waals surface area contributed by atoms with E-state index < -0.39 is 0 Å². The Balaban J connectivity index is 1.93. The van der Waals surface area contributed by atoms with Crippen molar-refractivity contribution >= 4 is 5.91 Å². The van der Waals surface area contributed by atoms with Crippen LogP contribution in [-0.4, -0.2) is 54.6 Å². The summed E-state index contributed by atoms with van der Waals surface area (Å²) in [6.45, 7) is 7.60. The smallest absolute Gasteiger partial charge is 0.241 e. The van der Waals surface area contributed by atoms with Crippen molar-refractivity contribution in [2.24, 2.45) is 5.92 Å². The summed E-state index contributed by atoms with van der Waals surface area (Å²) in [5.74, 6) is 1.02. The second-order valence-electron chi connectivity index (χ2n) is 6.17. The average molecular weight is 267 g/mol. The van der Waals surface area contributed by atoms with Gasteiger partial charge < -0.3 is 9.80 Å². The molecule has 1 amide bonds. The van der Waals surface area contributed by atoms with E-state index in [1.54, 1.807) is 0 Å². The number of nitrogens with zero attached hydrogens (tertiary/aromatic N) is 2. The lowest BCUT2D eigenvalue weighted by Gasteiger charge is -2.33. The van der Waals surface area contributed by atoms with Crippen LogP contribution in [0.15, 0.2) is 0 Å². The van der Waals surface area contributed by atoms with Crippen LogP contribution >= 0.6 is 0 Å². The van der Waals surface area contributed by atoms with Gasteiger partial charge in [-0.05, 0) is 51.7 Å². The van der Waals surface area contributed by atoms with Gasteiger partial charge in [0.1, 0.15) is 0 Å². The largest absolute Gasteiger partial charge is 0.326 e. The average Bonchev–Trinajstić information content (AvgIpc) is 2.70. The van der Waals surface area contributed by atoms with Crippen LogP contribution in [0, 0.1) is 5.92 Å². The van der Waals surface area contributed by atoms with Crippen molar-refractivity contribution < 1.29 is 4.79 Å². The minimum atomic E-state index is 0.0582. The molecule has 0 spiro atoms. The third-order valence-corrected chi connectivity index (χ3v) is 4.61. The van der Waals surface area contributed by atoms with Gasteiger partial charge in [-0.3, -0.25) is 10.1 Å². The van der Waals surface area contributed by atoms with Gasteiger partial charge in [0.2, 0.25) is 5.91 Å². The molecule has 0 aromatic rings. The third-order valence-electron chi connectivity index (χ3n) is 4.61. The van der Waals surface area contributed by atoms with Gasteiger partial charge >= 0.3 is 0 Å². The molecule has 110 valence electrons. The Bertz CT molecular complexity index is 300. The normalized spacial score (nSPS) is 30.3. The Morgan fingerprint density at radius 3 is 2.53 bits per heavy atom. The van der Waals surface area contributed by atoms with Gasteiger partial charge in [-0.15, -0.1) is 0 Å². The Morgan fingerprint density at radius 1 is 1.26 bits per heavy atom. The molecule has 2 unspecified atom stereocenters. The number of likely N-dealkylation sites (tertiary alicyclic amines) is 1. The first kappa shape index (κ1) is 14.8. The van der Waals surface area contributed by atoms with E-state index in [1.165, 1.54) is 25.9 Å². The van der Waals surface area contributed by atoms with Gasteiger partial charge in [0.25, 0.3) is 0 Å². The minimum absolute atomic E-state index is 0.0582. The SMILES string of the molecule is CCCC1NC(CC)C(=O)N1CC1CCN(C)CC1. The summed E-state index contributed by atoms with van der Waals surface area (Å²) in [5.41, 5.74) is 0. The van der Waals surface area contributed by atoms with E-state index in [0.717, 1.165) is 25.8 Å². The van der Waals surface area contributed by atoms with Crippen molar-refractivity contribution in [3.63, 3.8) is 0 Å². The second-order valence-corrected chi connectivity index (χ2v) is 6.17. The van der Waals surface area contributed by atoms with Crippen LogP contribution in [0.2, 0.25) is 0 Å². The Morgan fingerprint density at radius 2 is 1.95 bits per heavy atom. The van der Waals surface area contributed by atoms with Gasteiger partial charge in [0.05, 0.1) is 12.2 Å². The lowest BCUT2D eigenvalue weighted by atomic mass is 9.96. The molecular weight excluding hydrogens is 238 g/mol. The molecule has 0 aromatic carbocycles. The zero-order chi connectivity index (χ0) is 13.8. The highest BCUT2D eigenvalue weighted by atomic mass is 16.2. The summed E-state index contributed by atoms with van der Waals surface area (Å²) in [7, 11) is 2.19. The summed E-state index contributed by atoms with van der Waals surface area (Å²) in [4.78, 5) is 16.9. The predicted octanol–water partition coefficient (Wildman–Crippen LogP) is 1.66. The van der Waals surface area contributed by atoms with Gasteiger partial charge in [-0.25, -0.2) is 0 Å². The van der Waals surface area contributed by atoms with Gasteiger partial charge in [0.15, 0.2) is 0 Å². The highest BCUT2D eigenvalue weighted by molar-refractivity contribution is 5.84. The fraction of sp³-hybridized carbons (Fsp3) is 0.933. The first-order valence-corrected chi connectivity index (χ1v) is 7.90. The number of nitrogens with one attached hydrogen (secondary N) is 1. The van der Waals surface area contributed by atoms with E-state index in [-0.39, 0.29) is 12.2 Å². The fourth-order valence-electron chi connectivity index (χ4n) is 3.29. The predicted molar refractivity (Wildman–Crippen MR) is 77.8 cm³/mol. The van der Waals surface area contributed by atoms with Crippen LogP contribution in [-0.2, 0) is 4.79 Å². The molecule has 2 fully saturated rings. The Hall–Kier alpha value is -0.610. The van der Waals surface area contributed by atoms with Crippen molar-refractivity contribution in [2.75, 3.05) is 26.7 Å². The summed E-state index contributed by atoms with van der Waals surface area (Å²) < 4.78 is 0. The van der Waals surface area contributed by atoms with Crippen LogP contribution in [0.3, 0.4) is 0 Å². The van der Waals surface area contributed by atoms with Crippen LogP contribution in [0.5, 0.6) is 0 Å². The number of hydrogen-bond acceptors (Lipinski definition) is 3. The van der Waals surface area contributed by atoms with Crippen molar-refractivity contribution in [1.82, 2.24) is 15.1 Å². The molecule has 2 heterocycles. The van der Waals surface area contributed by atoms with Gasteiger partial charge in [0, 0.05) is 6.54 Å². The topological polar surface area (TPSA) is 35.6 Å². The molecule has 0 aromatic heterocycles. The molecule has 0 saturated carbocycles. The van der Waals surface area contributed by atoms with Gasteiger partial charge in [-0.2, -0.15) is 0 Å². The molecule has 0 bridgehead atoms. The first-order chi connectivity index (χ1) is 9.15. The van der Waals surface area contributed by atoms with Crippen LogP contribution < -0.4 is 5.32 Å². The molecule has 2 aliphatic rings. The fourth-order valence-corrected chi connectivity index (χ4v) is 3.29. The number of piperidine rings is 1. The van der Waals surface area contributed by atoms with E-state index >= 15 is 0 Å². The van der Waals surface area contributed by atoms with Crippen LogP contribution in [0.25, 0.3) is 0 Å². The molecular formula is C15H29N3O. The standard InChI is InChI=1S/C15H29N3O/c1-4-6-14-16-13(5-2)15(19)18(14)11-12-7-9-17(3)10-8-12/h12-14,16H,4-11H2,1-3H3. The molecule has 2 rings (SSSR count). The summed E-state index contributed by atoms with van der Waals surface area (Å²) in [6, 6.07) is 0.0582. The lowest BCUT2D eigenvalue weighted by molar-refractivity contribution is -0.131. The summed E-state index contributed by atoms with van der Waals surface area (Å²) >= 11 is 0. The van der Waals surface area contributed by atoms with E-state index in [0.29, 0.717) is 11.8 Å². The van der Waals surface area contributed by atoms with Crippen molar-refractivity contribution in [3.05, 3.63) is 0 Å². The highest BCUT2D eigenvalue weighted by Gasteiger charge is 2.38. The molecule has 1 N–H and O–H groups in total. The molecule has 0 radical (unpaired) electrons. The monoisotopic (exact) mass is 267 g/mol. The van der Waals surface area contributed by atoms with Crippen LogP contribution in [0.4, 0.5) is 0 Å². The van der Waals surface area contributed by atoms with Crippen molar-refractivity contribution in [1.29, 1.82) is 0 Å². The quantitative estimate of drug-likeness (QED) is 0.823. The van der Waals surface area contributed by atoms with Gasteiger partial charge in [-0.1, -0.05) is 20.3 Å². The van der Waals surface area contributed by atoms with Crippen LogP contribution in [0.1, 0.15) is 46.0 Å². The minimum Gasteiger partial charge on any atom is -0.326 e. The number of amides is 1. The molecule has 4 nitrogen and oxygen atoms in total. The Labute approximate surface area is 117 Å². The molecule has 4 heteroatoms. The third kappa shape index (κ3) is 3.48. The molecule has 2 saturated heterocycles. The van der Waals surface area contributed by atoms with E-state index in [2.05, 4.69) is 36.0 Å². The van der Waals surface area contributed by atoms with Crippen molar-refractivity contribution in [3.8, 4) is 0 Å². The second kappa shape index (κ2) is 6.71. The number of rotatable bonds is 5. The maximum atomic E-state index is 12.4. The maximum absolute atomic E-state index is 12.4. The number of hydrogen-bond donors (Lipinski definition) is 1. The molecule has 0 aliphatic carbocycles. The zero-order valence-corrected chi connectivity index (χ0v) is 12.7. The molecule has 2 aliphatic heterocycles. The molecule has 2 atom stereocenters. The lowest BCUT2D eigenvalue weighted by Crippen LogP contribution is -2.43. The van der Waals surface area contributed by atoms with Crippen molar-refractivity contribution in [2.45, 2.75) is 58.2 Å².